The Morgan fingerprint density at radius 3 is 2.72 bits per heavy atom. The standard InChI is InChI=1S/C23H34N6O3/c1-24-23(29-12-10-19(11-13-29)32-16-20-5-3-4-14-31-20)25-15-21-26-22(28-27-21)17-6-8-18(30-2)9-7-17/h6-9,19-20H,3-5,10-16H2,1-2H3,(H,24,25)(H,26,27,28). The summed E-state index contributed by atoms with van der Waals surface area (Å²) in [5.74, 6) is 3.12. The lowest BCUT2D eigenvalue weighted by Crippen LogP contribution is -2.47. The zero-order valence-corrected chi connectivity index (χ0v) is 19.0. The van der Waals surface area contributed by atoms with E-state index in [4.69, 9.17) is 14.2 Å². The lowest BCUT2D eigenvalue weighted by molar-refractivity contribution is -0.0721. The third kappa shape index (κ3) is 5.98. The Morgan fingerprint density at radius 2 is 2.03 bits per heavy atom. The van der Waals surface area contributed by atoms with Crippen molar-refractivity contribution in [1.82, 2.24) is 25.4 Å². The lowest BCUT2D eigenvalue weighted by Gasteiger charge is -2.34. The lowest BCUT2D eigenvalue weighted by atomic mass is 10.1. The van der Waals surface area contributed by atoms with E-state index in [9.17, 15) is 0 Å². The Bertz CT molecular complexity index is 855. The highest BCUT2D eigenvalue weighted by molar-refractivity contribution is 5.79. The number of benzene rings is 1. The molecular weight excluding hydrogens is 408 g/mol. The van der Waals surface area contributed by atoms with E-state index in [1.165, 1.54) is 12.8 Å². The zero-order valence-electron chi connectivity index (χ0n) is 19.0. The molecular formula is C23H34N6O3. The quantitative estimate of drug-likeness (QED) is 0.502. The Balaban J connectivity index is 1.22. The van der Waals surface area contributed by atoms with Crippen LogP contribution in [-0.4, -0.2) is 78.7 Å². The fourth-order valence-electron chi connectivity index (χ4n) is 4.16. The summed E-state index contributed by atoms with van der Waals surface area (Å²) in [4.78, 5) is 11.3. The van der Waals surface area contributed by atoms with Gasteiger partial charge in [0.15, 0.2) is 11.8 Å². The molecule has 0 aliphatic carbocycles. The molecule has 2 saturated heterocycles. The Labute approximate surface area is 189 Å². The Kier molecular flexibility index (Phi) is 7.95. The van der Waals surface area contributed by atoms with Crippen molar-refractivity contribution in [3.05, 3.63) is 30.1 Å². The summed E-state index contributed by atoms with van der Waals surface area (Å²) in [5, 5.41) is 10.7. The number of rotatable bonds is 7. The highest BCUT2D eigenvalue weighted by Gasteiger charge is 2.24. The summed E-state index contributed by atoms with van der Waals surface area (Å²) in [6.07, 6.45) is 6.13. The van der Waals surface area contributed by atoms with Gasteiger partial charge in [0.1, 0.15) is 11.6 Å². The maximum Gasteiger partial charge on any atom is 0.194 e. The Hall–Kier alpha value is -2.65. The maximum absolute atomic E-state index is 6.13. The zero-order chi connectivity index (χ0) is 22.2. The molecule has 32 heavy (non-hydrogen) atoms. The SMILES string of the molecule is CN=C(NCc1nc(-c2ccc(OC)cc2)n[nH]1)N1CCC(OCC2CCCCO2)CC1. The van der Waals surface area contributed by atoms with Crippen LogP contribution in [0.4, 0.5) is 0 Å². The number of nitrogens with zero attached hydrogens (tertiary/aromatic N) is 4. The largest absolute Gasteiger partial charge is 0.497 e. The van der Waals surface area contributed by atoms with E-state index in [0.717, 1.165) is 68.7 Å². The van der Waals surface area contributed by atoms with Crippen molar-refractivity contribution in [3.63, 3.8) is 0 Å². The first-order chi connectivity index (χ1) is 15.7. The van der Waals surface area contributed by atoms with Crippen LogP contribution >= 0.6 is 0 Å². The van der Waals surface area contributed by atoms with Crippen LogP contribution in [0, 0.1) is 0 Å². The minimum atomic E-state index is 0.279. The van der Waals surface area contributed by atoms with E-state index in [1.807, 2.05) is 31.3 Å². The van der Waals surface area contributed by atoms with Crippen LogP contribution in [0.1, 0.15) is 37.9 Å². The number of H-pyrrole nitrogens is 1. The third-order valence-corrected chi connectivity index (χ3v) is 6.04. The first-order valence-electron chi connectivity index (χ1n) is 11.5. The van der Waals surface area contributed by atoms with Gasteiger partial charge in [0.2, 0.25) is 0 Å². The molecule has 9 heteroatoms. The third-order valence-electron chi connectivity index (χ3n) is 6.04. The molecule has 2 aromatic rings. The maximum atomic E-state index is 6.13. The van der Waals surface area contributed by atoms with Crippen LogP contribution < -0.4 is 10.1 Å². The van der Waals surface area contributed by atoms with Gasteiger partial charge in [-0.2, -0.15) is 5.10 Å². The number of piperidine rings is 1. The smallest absolute Gasteiger partial charge is 0.194 e. The first kappa shape index (κ1) is 22.5. The Morgan fingerprint density at radius 1 is 1.22 bits per heavy atom. The number of hydrogen-bond acceptors (Lipinski definition) is 6. The van der Waals surface area contributed by atoms with Crippen LogP contribution in [-0.2, 0) is 16.0 Å². The molecule has 2 aliphatic rings. The number of guanidine groups is 1. The molecule has 2 fully saturated rings. The van der Waals surface area contributed by atoms with Gasteiger partial charge in [-0.1, -0.05) is 0 Å². The minimum Gasteiger partial charge on any atom is -0.497 e. The first-order valence-corrected chi connectivity index (χ1v) is 11.5. The molecule has 2 aliphatic heterocycles. The fraction of sp³-hybridized carbons (Fsp3) is 0.609. The molecule has 1 atom stereocenters. The highest BCUT2D eigenvalue weighted by Crippen LogP contribution is 2.20. The predicted molar refractivity (Wildman–Crippen MR) is 123 cm³/mol. The number of aromatic amines is 1. The normalized spacial score (nSPS) is 20.4. The molecule has 174 valence electrons. The molecule has 3 heterocycles. The topological polar surface area (TPSA) is 96.9 Å². The molecule has 9 nitrogen and oxygen atoms in total. The van der Waals surface area contributed by atoms with Gasteiger partial charge in [0, 0.05) is 32.3 Å². The molecule has 0 saturated carbocycles. The number of likely N-dealkylation sites (tertiary alicyclic amines) is 1. The van der Waals surface area contributed by atoms with E-state index >= 15 is 0 Å². The van der Waals surface area contributed by atoms with Gasteiger partial charge < -0.3 is 24.4 Å². The van der Waals surface area contributed by atoms with E-state index in [1.54, 1.807) is 7.11 Å². The summed E-state index contributed by atoms with van der Waals surface area (Å²) >= 11 is 0. The summed E-state index contributed by atoms with van der Waals surface area (Å²) in [6.45, 7) is 3.97. The molecule has 1 unspecified atom stereocenters. The second-order valence-electron chi connectivity index (χ2n) is 8.24. The van der Waals surface area contributed by atoms with Crippen molar-refractivity contribution in [3.8, 4) is 17.1 Å². The van der Waals surface area contributed by atoms with Crippen LogP contribution in [0.3, 0.4) is 0 Å². The number of aliphatic imine (C=N–C) groups is 1. The second kappa shape index (κ2) is 11.3. The van der Waals surface area contributed by atoms with E-state index in [2.05, 4.69) is 30.4 Å². The van der Waals surface area contributed by atoms with Crippen molar-refractivity contribution in [2.45, 2.75) is 50.9 Å². The summed E-state index contributed by atoms with van der Waals surface area (Å²) < 4.78 is 17.1. The van der Waals surface area contributed by atoms with Crippen molar-refractivity contribution in [2.24, 2.45) is 4.99 Å². The van der Waals surface area contributed by atoms with Crippen molar-refractivity contribution in [1.29, 1.82) is 0 Å². The number of nitrogens with one attached hydrogen (secondary N) is 2. The van der Waals surface area contributed by atoms with Gasteiger partial charge in [-0.25, -0.2) is 4.98 Å². The number of methoxy groups -OCH3 is 1. The fourth-order valence-corrected chi connectivity index (χ4v) is 4.16. The number of ether oxygens (including phenoxy) is 3. The van der Waals surface area contributed by atoms with Gasteiger partial charge in [-0.3, -0.25) is 10.1 Å². The average molecular weight is 443 g/mol. The molecule has 0 amide bonds. The van der Waals surface area contributed by atoms with Crippen LogP contribution in [0.15, 0.2) is 29.3 Å². The van der Waals surface area contributed by atoms with Crippen molar-refractivity contribution in [2.75, 3.05) is 40.5 Å². The average Bonchev–Trinajstić information content (AvgIpc) is 3.33. The highest BCUT2D eigenvalue weighted by atomic mass is 16.5. The van der Waals surface area contributed by atoms with Crippen molar-refractivity contribution >= 4 is 5.96 Å². The minimum absolute atomic E-state index is 0.279. The molecule has 1 aromatic heterocycles. The van der Waals surface area contributed by atoms with Gasteiger partial charge in [-0.05, 0) is 56.4 Å². The van der Waals surface area contributed by atoms with Crippen LogP contribution in [0.2, 0.25) is 0 Å². The molecule has 2 N–H and O–H groups in total. The molecule has 4 rings (SSSR count). The van der Waals surface area contributed by atoms with Gasteiger partial charge in [-0.15, -0.1) is 0 Å². The molecule has 0 radical (unpaired) electrons. The van der Waals surface area contributed by atoms with Crippen LogP contribution in [0.5, 0.6) is 5.75 Å². The summed E-state index contributed by atoms with van der Waals surface area (Å²) in [6, 6.07) is 7.71. The predicted octanol–water partition coefficient (Wildman–Crippen LogP) is 2.61. The van der Waals surface area contributed by atoms with Gasteiger partial charge in [0.05, 0.1) is 32.5 Å². The van der Waals surface area contributed by atoms with Crippen molar-refractivity contribution < 1.29 is 14.2 Å². The van der Waals surface area contributed by atoms with E-state index in [-0.39, 0.29) is 6.10 Å². The number of hydrogen-bond donors (Lipinski definition) is 2. The van der Waals surface area contributed by atoms with Crippen LogP contribution in [0.25, 0.3) is 11.4 Å². The van der Waals surface area contributed by atoms with E-state index < -0.39 is 0 Å². The molecule has 0 bridgehead atoms. The summed E-state index contributed by atoms with van der Waals surface area (Å²) in [5.41, 5.74) is 0.943. The molecule has 0 spiro atoms. The summed E-state index contributed by atoms with van der Waals surface area (Å²) in [7, 11) is 3.47. The van der Waals surface area contributed by atoms with E-state index in [0.29, 0.717) is 18.5 Å². The number of aromatic nitrogens is 3. The monoisotopic (exact) mass is 442 g/mol. The molecule has 1 aromatic carbocycles. The van der Waals surface area contributed by atoms with Gasteiger partial charge >= 0.3 is 0 Å². The van der Waals surface area contributed by atoms with Gasteiger partial charge in [0.25, 0.3) is 0 Å². The second-order valence-corrected chi connectivity index (χ2v) is 8.24.